The number of nitrogens with zero attached hydrogens (tertiary/aromatic N) is 2. The molecule has 0 spiro atoms. The Kier molecular flexibility index (Phi) is 4.24. The standard InChI is InChI=1S/C19H15F4N3O2/c20-12-2-1-10-8-26(9-11(10)5-12)18(28)14-6-13-15(3-4-19(21,22)23)24-25-16(13)7-17(14)27/h1-2,5-7,27H,3-4,8-9H2,(H,24,25). The maximum absolute atomic E-state index is 13.4. The molecule has 2 aromatic carbocycles. The van der Waals surface area contributed by atoms with Crippen LogP contribution in [-0.4, -0.2) is 32.3 Å². The van der Waals surface area contributed by atoms with Crippen molar-refractivity contribution in [3.8, 4) is 5.75 Å². The van der Waals surface area contributed by atoms with E-state index in [2.05, 4.69) is 10.2 Å². The number of carbonyl (C=O) groups excluding carboxylic acids is 1. The number of halogens is 4. The Labute approximate surface area is 156 Å². The fourth-order valence-electron chi connectivity index (χ4n) is 3.41. The number of aromatic amines is 1. The first kappa shape index (κ1) is 18.3. The summed E-state index contributed by atoms with van der Waals surface area (Å²) in [4.78, 5) is 14.3. The van der Waals surface area contributed by atoms with Gasteiger partial charge in [0.1, 0.15) is 11.6 Å². The van der Waals surface area contributed by atoms with E-state index in [1.165, 1.54) is 29.2 Å². The van der Waals surface area contributed by atoms with Gasteiger partial charge in [0, 0.05) is 37.4 Å². The summed E-state index contributed by atoms with van der Waals surface area (Å²) in [7, 11) is 0. The van der Waals surface area contributed by atoms with Crippen LogP contribution in [-0.2, 0) is 19.5 Å². The molecule has 2 heterocycles. The van der Waals surface area contributed by atoms with Crippen molar-refractivity contribution in [1.82, 2.24) is 15.1 Å². The van der Waals surface area contributed by atoms with Crippen LogP contribution in [0.4, 0.5) is 17.6 Å². The molecule has 0 radical (unpaired) electrons. The highest BCUT2D eigenvalue weighted by Gasteiger charge is 2.29. The van der Waals surface area contributed by atoms with Crippen molar-refractivity contribution in [2.75, 3.05) is 0 Å². The van der Waals surface area contributed by atoms with Crippen LogP contribution < -0.4 is 0 Å². The Morgan fingerprint density at radius 1 is 1.18 bits per heavy atom. The Hall–Kier alpha value is -3.10. The molecule has 5 nitrogen and oxygen atoms in total. The number of aromatic nitrogens is 2. The first-order valence-corrected chi connectivity index (χ1v) is 8.54. The first-order valence-electron chi connectivity index (χ1n) is 8.54. The van der Waals surface area contributed by atoms with E-state index in [-0.39, 0.29) is 36.5 Å². The highest BCUT2D eigenvalue weighted by molar-refractivity contribution is 6.01. The molecule has 0 atom stereocenters. The molecule has 1 aliphatic rings. The minimum atomic E-state index is -4.32. The highest BCUT2D eigenvalue weighted by Crippen LogP contribution is 2.32. The fraction of sp³-hybridized carbons (Fsp3) is 0.263. The smallest absolute Gasteiger partial charge is 0.389 e. The van der Waals surface area contributed by atoms with Crippen LogP contribution in [0.3, 0.4) is 0 Å². The zero-order chi connectivity index (χ0) is 20.1. The summed E-state index contributed by atoms with van der Waals surface area (Å²) < 4.78 is 50.9. The first-order chi connectivity index (χ1) is 13.2. The summed E-state index contributed by atoms with van der Waals surface area (Å²) in [5.74, 6) is -1.19. The van der Waals surface area contributed by atoms with E-state index < -0.39 is 24.3 Å². The molecular weight excluding hydrogens is 378 g/mol. The van der Waals surface area contributed by atoms with Crippen LogP contribution in [0.1, 0.15) is 33.6 Å². The van der Waals surface area contributed by atoms with Gasteiger partial charge in [-0.2, -0.15) is 18.3 Å². The monoisotopic (exact) mass is 393 g/mol. The molecule has 0 bridgehead atoms. The maximum atomic E-state index is 13.4. The number of rotatable bonds is 3. The van der Waals surface area contributed by atoms with E-state index in [9.17, 15) is 27.5 Å². The molecule has 3 aromatic rings. The lowest BCUT2D eigenvalue weighted by molar-refractivity contribution is -0.134. The van der Waals surface area contributed by atoms with Crippen molar-refractivity contribution in [3.63, 3.8) is 0 Å². The highest BCUT2D eigenvalue weighted by atomic mass is 19.4. The van der Waals surface area contributed by atoms with Gasteiger partial charge in [-0.1, -0.05) is 6.07 Å². The van der Waals surface area contributed by atoms with Gasteiger partial charge in [-0.05, 0) is 29.3 Å². The summed E-state index contributed by atoms with van der Waals surface area (Å²) in [6.07, 6.45) is -5.70. The van der Waals surface area contributed by atoms with Crippen molar-refractivity contribution in [1.29, 1.82) is 0 Å². The molecule has 0 fully saturated rings. The third-order valence-corrected chi connectivity index (χ3v) is 4.81. The minimum Gasteiger partial charge on any atom is -0.507 e. The van der Waals surface area contributed by atoms with Gasteiger partial charge in [0.05, 0.1) is 16.8 Å². The predicted molar refractivity (Wildman–Crippen MR) is 92.1 cm³/mol. The molecule has 1 amide bonds. The van der Waals surface area contributed by atoms with Gasteiger partial charge in [0.2, 0.25) is 0 Å². The largest absolute Gasteiger partial charge is 0.507 e. The average Bonchev–Trinajstić information content (AvgIpc) is 3.21. The molecule has 0 saturated heterocycles. The summed E-state index contributed by atoms with van der Waals surface area (Å²) in [5, 5.41) is 17.0. The van der Waals surface area contributed by atoms with E-state index in [0.29, 0.717) is 16.5 Å². The van der Waals surface area contributed by atoms with Crippen LogP contribution in [0.5, 0.6) is 5.75 Å². The molecule has 1 aliphatic heterocycles. The third kappa shape index (κ3) is 3.39. The lowest BCUT2D eigenvalue weighted by Crippen LogP contribution is -2.25. The predicted octanol–water partition coefficient (Wildman–Crippen LogP) is 4.06. The molecule has 28 heavy (non-hydrogen) atoms. The lowest BCUT2D eigenvalue weighted by atomic mass is 10.1. The van der Waals surface area contributed by atoms with Crippen molar-refractivity contribution in [3.05, 3.63) is 58.5 Å². The van der Waals surface area contributed by atoms with Gasteiger partial charge < -0.3 is 10.0 Å². The van der Waals surface area contributed by atoms with Gasteiger partial charge in [0.25, 0.3) is 5.91 Å². The van der Waals surface area contributed by atoms with Gasteiger partial charge in [0.15, 0.2) is 0 Å². The molecule has 146 valence electrons. The zero-order valence-electron chi connectivity index (χ0n) is 14.5. The number of fused-ring (bicyclic) bond motifs is 2. The van der Waals surface area contributed by atoms with E-state index in [0.717, 1.165) is 5.56 Å². The van der Waals surface area contributed by atoms with Gasteiger partial charge in [-0.3, -0.25) is 9.89 Å². The van der Waals surface area contributed by atoms with E-state index in [1.807, 2.05) is 0 Å². The van der Waals surface area contributed by atoms with Crippen LogP contribution >= 0.6 is 0 Å². The van der Waals surface area contributed by atoms with Crippen molar-refractivity contribution < 1.29 is 27.5 Å². The molecule has 0 saturated carbocycles. The molecule has 2 N–H and O–H groups in total. The molecule has 9 heteroatoms. The zero-order valence-corrected chi connectivity index (χ0v) is 14.5. The van der Waals surface area contributed by atoms with E-state index in [1.54, 1.807) is 6.07 Å². The third-order valence-electron chi connectivity index (χ3n) is 4.81. The van der Waals surface area contributed by atoms with Gasteiger partial charge in [-0.25, -0.2) is 4.39 Å². The number of phenols is 1. The molecule has 1 aromatic heterocycles. The lowest BCUT2D eigenvalue weighted by Gasteiger charge is -2.16. The fourth-order valence-corrected chi connectivity index (χ4v) is 3.41. The normalized spacial score (nSPS) is 13.9. The maximum Gasteiger partial charge on any atom is 0.389 e. The Morgan fingerprint density at radius 2 is 1.93 bits per heavy atom. The second-order valence-corrected chi connectivity index (χ2v) is 6.77. The Balaban J connectivity index is 1.63. The Bertz CT molecular complexity index is 1070. The summed E-state index contributed by atoms with van der Waals surface area (Å²) in [6, 6.07) is 6.90. The molecular formula is C19H15F4N3O2. The van der Waals surface area contributed by atoms with Gasteiger partial charge in [-0.15, -0.1) is 0 Å². The van der Waals surface area contributed by atoms with Crippen molar-refractivity contribution in [2.45, 2.75) is 32.1 Å². The second-order valence-electron chi connectivity index (χ2n) is 6.77. The van der Waals surface area contributed by atoms with Crippen molar-refractivity contribution in [2.24, 2.45) is 0 Å². The number of hydrogen-bond acceptors (Lipinski definition) is 3. The molecule has 0 aliphatic carbocycles. The van der Waals surface area contributed by atoms with Crippen LogP contribution in [0.25, 0.3) is 10.9 Å². The van der Waals surface area contributed by atoms with Crippen LogP contribution in [0.2, 0.25) is 0 Å². The number of benzene rings is 2. The van der Waals surface area contributed by atoms with Crippen molar-refractivity contribution >= 4 is 16.8 Å². The Morgan fingerprint density at radius 3 is 2.68 bits per heavy atom. The number of amides is 1. The van der Waals surface area contributed by atoms with Crippen LogP contribution in [0, 0.1) is 5.82 Å². The van der Waals surface area contributed by atoms with E-state index >= 15 is 0 Å². The van der Waals surface area contributed by atoms with E-state index in [4.69, 9.17) is 0 Å². The number of H-pyrrole nitrogens is 1. The number of hydrogen-bond donors (Lipinski definition) is 2. The summed E-state index contributed by atoms with van der Waals surface area (Å²) >= 11 is 0. The average molecular weight is 393 g/mol. The molecule has 4 rings (SSSR count). The SMILES string of the molecule is O=C(c1cc2c(CCC(F)(F)F)n[nH]c2cc1O)N1Cc2ccc(F)cc2C1. The number of alkyl halides is 3. The summed E-state index contributed by atoms with van der Waals surface area (Å²) in [6.45, 7) is 0.452. The number of aryl methyl sites for hydroxylation is 1. The number of phenolic OH excluding ortho intramolecular Hbond substituents is 1. The van der Waals surface area contributed by atoms with Gasteiger partial charge >= 0.3 is 6.18 Å². The second kappa shape index (κ2) is 6.50. The number of nitrogens with one attached hydrogen (secondary N) is 1. The number of carbonyl (C=O) groups is 1. The summed E-state index contributed by atoms with van der Waals surface area (Å²) in [5.41, 5.74) is 1.98. The number of aromatic hydroxyl groups is 1. The van der Waals surface area contributed by atoms with Crippen LogP contribution in [0.15, 0.2) is 30.3 Å². The quantitative estimate of drug-likeness (QED) is 0.660. The molecule has 0 unspecified atom stereocenters. The minimum absolute atomic E-state index is 0.0320. The topological polar surface area (TPSA) is 69.2 Å².